The van der Waals surface area contributed by atoms with E-state index in [-0.39, 0.29) is 25.2 Å². The molecular formula is C36H70O5. The Kier molecular flexibility index (Phi) is 29.5. The van der Waals surface area contributed by atoms with Gasteiger partial charge in [0.05, 0.1) is 6.61 Å². The van der Waals surface area contributed by atoms with E-state index in [2.05, 4.69) is 27.7 Å². The van der Waals surface area contributed by atoms with Crippen LogP contribution in [-0.2, 0) is 19.1 Å². The van der Waals surface area contributed by atoms with Crippen molar-refractivity contribution in [3.8, 4) is 0 Å². The summed E-state index contributed by atoms with van der Waals surface area (Å²) in [6.45, 7) is 8.81. The lowest BCUT2D eigenvalue weighted by Crippen LogP contribution is -2.28. The summed E-state index contributed by atoms with van der Waals surface area (Å²) in [5.41, 5.74) is 0. The van der Waals surface area contributed by atoms with Crippen molar-refractivity contribution in [2.24, 2.45) is 11.8 Å². The average Bonchev–Trinajstić information content (AvgIpc) is 2.93. The quantitative estimate of drug-likeness (QED) is 0.0650. The van der Waals surface area contributed by atoms with Crippen LogP contribution in [0.15, 0.2) is 0 Å². The van der Waals surface area contributed by atoms with Gasteiger partial charge in [-0.1, -0.05) is 163 Å². The number of aliphatic hydroxyl groups is 1. The van der Waals surface area contributed by atoms with Gasteiger partial charge in [0.25, 0.3) is 0 Å². The molecule has 5 heteroatoms. The van der Waals surface area contributed by atoms with E-state index in [1.165, 1.54) is 109 Å². The maximum absolute atomic E-state index is 12.1. The van der Waals surface area contributed by atoms with E-state index >= 15 is 0 Å². The Labute approximate surface area is 255 Å². The number of carbonyl (C=O) groups excluding carboxylic acids is 2. The first-order chi connectivity index (χ1) is 19.8. The second kappa shape index (κ2) is 30.4. The van der Waals surface area contributed by atoms with E-state index in [1.807, 2.05) is 0 Å². The van der Waals surface area contributed by atoms with Crippen LogP contribution in [0.3, 0.4) is 0 Å². The lowest BCUT2D eigenvalue weighted by atomic mass is 10.0. The molecule has 0 heterocycles. The van der Waals surface area contributed by atoms with Crippen molar-refractivity contribution < 1.29 is 24.2 Å². The van der Waals surface area contributed by atoms with Crippen molar-refractivity contribution in [3.05, 3.63) is 0 Å². The zero-order valence-electron chi connectivity index (χ0n) is 27.9. The van der Waals surface area contributed by atoms with Crippen molar-refractivity contribution in [1.82, 2.24) is 0 Å². The van der Waals surface area contributed by atoms with Crippen LogP contribution < -0.4 is 0 Å². The molecular weight excluding hydrogens is 512 g/mol. The standard InChI is InChI=1S/C36H70O5/c1-32(2)26-22-18-14-10-7-5-6-8-12-16-20-24-28-35(38)40-31-34(30-37)41-36(39)29-25-21-17-13-9-11-15-19-23-27-33(3)4/h32-34,37H,5-31H2,1-4H3/t34-/m0/s1. The van der Waals surface area contributed by atoms with Crippen LogP contribution >= 0.6 is 0 Å². The molecule has 0 fully saturated rings. The highest BCUT2D eigenvalue weighted by atomic mass is 16.6. The second-order valence-electron chi connectivity index (χ2n) is 13.3. The Morgan fingerprint density at radius 2 is 0.805 bits per heavy atom. The fraction of sp³-hybridized carbons (Fsp3) is 0.944. The van der Waals surface area contributed by atoms with E-state index in [4.69, 9.17) is 9.47 Å². The Bertz CT molecular complexity index is 574. The van der Waals surface area contributed by atoms with Crippen LogP contribution in [0.1, 0.15) is 188 Å². The summed E-state index contributed by atoms with van der Waals surface area (Å²) >= 11 is 0. The van der Waals surface area contributed by atoms with Crippen molar-refractivity contribution in [3.63, 3.8) is 0 Å². The SMILES string of the molecule is CC(C)CCCCCCCCCCCCCCC(=O)OC[C@H](CO)OC(=O)CCCCCCCCCCCC(C)C. The normalized spacial score (nSPS) is 12.3. The molecule has 5 nitrogen and oxygen atoms in total. The van der Waals surface area contributed by atoms with Gasteiger partial charge < -0.3 is 14.6 Å². The lowest BCUT2D eigenvalue weighted by Gasteiger charge is -2.15. The number of rotatable bonds is 31. The van der Waals surface area contributed by atoms with Crippen LogP contribution in [0.25, 0.3) is 0 Å². The molecule has 0 aliphatic heterocycles. The molecule has 0 aromatic heterocycles. The number of unbranched alkanes of at least 4 members (excludes halogenated alkanes) is 19. The molecule has 0 saturated heterocycles. The maximum Gasteiger partial charge on any atom is 0.306 e. The minimum Gasteiger partial charge on any atom is -0.462 e. The van der Waals surface area contributed by atoms with E-state index in [0.717, 1.165) is 50.4 Å². The molecule has 0 aromatic rings. The summed E-state index contributed by atoms with van der Waals surface area (Å²) in [7, 11) is 0. The zero-order chi connectivity index (χ0) is 30.4. The zero-order valence-corrected chi connectivity index (χ0v) is 27.9. The fourth-order valence-corrected chi connectivity index (χ4v) is 5.28. The predicted molar refractivity (Wildman–Crippen MR) is 173 cm³/mol. The van der Waals surface area contributed by atoms with E-state index in [0.29, 0.717) is 12.8 Å². The van der Waals surface area contributed by atoms with Gasteiger partial charge in [0.2, 0.25) is 0 Å². The molecule has 0 unspecified atom stereocenters. The van der Waals surface area contributed by atoms with Crippen molar-refractivity contribution in [2.75, 3.05) is 13.2 Å². The monoisotopic (exact) mass is 583 g/mol. The first-order valence-electron chi connectivity index (χ1n) is 17.8. The number of hydrogen-bond donors (Lipinski definition) is 1. The second-order valence-corrected chi connectivity index (χ2v) is 13.3. The summed E-state index contributed by atoms with van der Waals surface area (Å²) < 4.78 is 10.6. The van der Waals surface area contributed by atoms with Crippen molar-refractivity contribution in [1.29, 1.82) is 0 Å². The summed E-state index contributed by atoms with van der Waals surface area (Å²) in [4.78, 5) is 24.1. The Morgan fingerprint density at radius 1 is 0.488 bits per heavy atom. The van der Waals surface area contributed by atoms with Crippen LogP contribution in [0.4, 0.5) is 0 Å². The fourth-order valence-electron chi connectivity index (χ4n) is 5.28. The van der Waals surface area contributed by atoms with Gasteiger partial charge in [-0.2, -0.15) is 0 Å². The number of hydrogen-bond acceptors (Lipinski definition) is 5. The largest absolute Gasteiger partial charge is 0.462 e. The molecule has 1 atom stereocenters. The Hall–Kier alpha value is -1.10. The van der Waals surface area contributed by atoms with Crippen LogP contribution in [0.5, 0.6) is 0 Å². The number of esters is 2. The molecule has 0 saturated carbocycles. The van der Waals surface area contributed by atoms with Gasteiger partial charge >= 0.3 is 11.9 Å². The van der Waals surface area contributed by atoms with Gasteiger partial charge in [-0.3, -0.25) is 9.59 Å². The third kappa shape index (κ3) is 31.7. The first kappa shape index (κ1) is 39.9. The van der Waals surface area contributed by atoms with Gasteiger partial charge in [0, 0.05) is 12.8 Å². The van der Waals surface area contributed by atoms with Crippen LogP contribution in [0.2, 0.25) is 0 Å². The Balaban J connectivity index is 3.53. The summed E-state index contributed by atoms with van der Waals surface area (Å²) in [5, 5.41) is 9.51. The summed E-state index contributed by atoms with van der Waals surface area (Å²) in [6.07, 6.45) is 28.7. The Morgan fingerprint density at radius 3 is 1.15 bits per heavy atom. The van der Waals surface area contributed by atoms with Gasteiger partial charge in [-0.25, -0.2) is 0 Å². The number of aliphatic hydroxyl groups excluding tert-OH is 1. The number of ether oxygens (including phenoxy) is 2. The van der Waals surface area contributed by atoms with Gasteiger partial charge in [-0.05, 0) is 24.7 Å². The van der Waals surface area contributed by atoms with E-state index in [1.54, 1.807) is 0 Å². The molecule has 0 radical (unpaired) electrons. The smallest absolute Gasteiger partial charge is 0.306 e. The molecule has 41 heavy (non-hydrogen) atoms. The third-order valence-electron chi connectivity index (χ3n) is 8.01. The predicted octanol–water partition coefficient (Wildman–Crippen LogP) is 10.5. The molecule has 0 aliphatic rings. The highest BCUT2D eigenvalue weighted by Gasteiger charge is 2.16. The molecule has 1 N–H and O–H groups in total. The average molecular weight is 583 g/mol. The summed E-state index contributed by atoms with van der Waals surface area (Å²) in [6, 6.07) is 0. The highest BCUT2D eigenvalue weighted by molar-refractivity contribution is 5.70. The third-order valence-corrected chi connectivity index (χ3v) is 8.01. The van der Waals surface area contributed by atoms with Gasteiger partial charge in [-0.15, -0.1) is 0 Å². The molecule has 0 spiro atoms. The van der Waals surface area contributed by atoms with Crippen LogP contribution in [0, 0.1) is 11.8 Å². The van der Waals surface area contributed by atoms with E-state index < -0.39 is 6.10 Å². The minimum absolute atomic E-state index is 0.0596. The van der Waals surface area contributed by atoms with Crippen molar-refractivity contribution >= 4 is 11.9 Å². The van der Waals surface area contributed by atoms with Gasteiger partial charge in [0.1, 0.15) is 6.61 Å². The number of carbonyl (C=O) groups is 2. The molecule has 0 rings (SSSR count). The summed E-state index contributed by atoms with van der Waals surface area (Å²) in [5.74, 6) is 1.08. The van der Waals surface area contributed by atoms with Crippen LogP contribution in [-0.4, -0.2) is 36.4 Å². The maximum atomic E-state index is 12.1. The molecule has 0 bridgehead atoms. The van der Waals surface area contributed by atoms with Gasteiger partial charge in [0.15, 0.2) is 6.10 Å². The molecule has 0 amide bonds. The highest BCUT2D eigenvalue weighted by Crippen LogP contribution is 2.16. The lowest BCUT2D eigenvalue weighted by molar-refractivity contribution is -0.161. The molecule has 244 valence electrons. The van der Waals surface area contributed by atoms with Crippen molar-refractivity contribution in [2.45, 2.75) is 194 Å². The van der Waals surface area contributed by atoms with E-state index in [9.17, 15) is 14.7 Å². The topological polar surface area (TPSA) is 72.8 Å². The molecule has 0 aliphatic carbocycles. The molecule has 0 aromatic carbocycles. The minimum atomic E-state index is -0.762. The first-order valence-corrected chi connectivity index (χ1v) is 17.8.